The number of benzene rings is 1. The Kier molecular flexibility index (Phi) is 7.50. The molecule has 5 heterocycles. The highest BCUT2D eigenvalue weighted by Crippen LogP contribution is 2.47. The van der Waals surface area contributed by atoms with Crippen molar-refractivity contribution in [2.24, 2.45) is 5.92 Å². The third-order valence-electron chi connectivity index (χ3n) is 9.45. The molecular formula is C32H37F3N6O. The van der Waals surface area contributed by atoms with Gasteiger partial charge in [-0.15, -0.1) is 0 Å². The number of piperidine rings is 1. The summed E-state index contributed by atoms with van der Waals surface area (Å²) in [4.78, 5) is 25.2. The molecule has 7 rings (SSSR count). The fourth-order valence-corrected chi connectivity index (χ4v) is 6.70. The quantitative estimate of drug-likeness (QED) is 0.362. The van der Waals surface area contributed by atoms with E-state index in [1.807, 2.05) is 0 Å². The Bertz CT molecular complexity index is 1600. The summed E-state index contributed by atoms with van der Waals surface area (Å²) in [7, 11) is 0. The van der Waals surface area contributed by atoms with Gasteiger partial charge in [0.1, 0.15) is 23.1 Å². The van der Waals surface area contributed by atoms with Crippen LogP contribution in [0, 0.1) is 30.0 Å². The molecule has 0 radical (unpaired) electrons. The van der Waals surface area contributed by atoms with Gasteiger partial charge in [-0.05, 0) is 78.1 Å². The lowest BCUT2D eigenvalue weighted by molar-refractivity contribution is -0.0880. The van der Waals surface area contributed by atoms with Crippen molar-refractivity contribution < 1.29 is 13.2 Å². The minimum Gasteiger partial charge on any atom is -0.363 e. The van der Waals surface area contributed by atoms with Crippen LogP contribution in [-0.2, 0) is 17.9 Å². The maximum atomic E-state index is 15.9. The zero-order valence-electron chi connectivity index (χ0n) is 24.2. The molecule has 1 N–H and O–H groups in total. The van der Waals surface area contributed by atoms with E-state index in [0.717, 1.165) is 32.2 Å². The van der Waals surface area contributed by atoms with Gasteiger partial charge in [-0.3, -0.25) is 9.36 Å². The number of aromatic nitrogens is 3. The van der Waals surface area contributed by atoms with Crippen LogP contribution in [0.25, 0.3) is 11.0 Å². The second kappa shape index (κ2) is 11.0. The topological polar surface area (TPSA) is 86.8 Å². The zero-order chi connectivity index (χ0) is 29.6. The molecule has 2 fully saturated rings. The molecule has 7 nitrogen and oxygen atoms in total. The first-order valence-corrected chi connectivity index (χ1v) is 15.1. The predicted octanol–water partition coefficient (Wildman–Crippen LogP) is 6.35. The number of anilines is 1. The number of hydrogen-bond donors (Lipinski definition) is 1. The molecule has 10 heteroatoms. The minimum atomic E-state index is -3.29. The van der Waals surface area contributed by atoms with E-state index in [1.54, 1.807) is 24.5 Å². The van der Waals surface area contributed by atoms with E-state index in [1.165, 1.54) is 18.2 Å². The lowest BCUT2D eigenvalue weighted by Crippen LogP contribution is -2.40. The second-order valence-electron chi connectivity index (χ2n) is 12.3. The van der Waals surface area contributed by atoms with Gasteiger partial charge < -0.3 is 10.2 Å². The van der Waals surface area contributed by atoms with Crippen molar-refractivity contribution in [2.45, 2.75) is 89.1 Å². The largest absolute Gasteiger partial charge is 0.363 e. The Morgan fingerprint density at radius 1 is 1.02 bits per heavy atom. The number of nitrogens with zero attached hydrogens (tertiary/aromatic N) is 5. The number of nitrogens with one attached hydrogen (secondary N) is 1. The summed E-state index contributed by atoms with van der Waals surface area (Å²) in [5.41, 5.74) is -0.588. The first-order chi connectivity index (χ1) is 20.1. The van der Waals surface area contributed by atoms with Crippen LogP contribution < -0.4 is 10.9 Å². The van der Waals surface area contributed by atoms with Gasteiger partial charge in [-0.2, -0.15) is 5.26 Å². The molecule has 42 heavy (non-hydrogen) atoms. The van der Waals surface area contributed by atoms with Crippen molar-refractivity contribution >= 4 is 16.9 Å². The summed E-state index contributed by atoms with van der Waals surface area (Å²) < 4.78 is 49.2. The third-order valence-corrected chi connectivity index (χ3v) is 9.45. The van der Waals surface area contributed by atoms with Crippen LogP contribution in [0.3, 0.4) is 0 Å². The van der Waals surface area contributed by atoms with Crippen molar-refractivity contribution in [3.63, 3.8) is 0 Å². The molecule has 1 atom stereocenters. The molecule has 8 bridgehead atoms. The lowest BCUT2D eigenvalue weighted by Gasteiger charge is -2.36. The molecule has 3 aliphatic heterocycles. The van der Waals surface area contributed by atoms with E-state index in [4.69, 9.17) is 0 Å². The van der Waals surface area contributed by atoms with E-state index >= 15 is 13.2 Å². The monoisotopic (exact) mass is 578 g/mol. The first-order valence-electron chi connectivity index (χ1n) is 15.1. The van der Waals surface area contributed by atoms with Gasteiger partial charge in [0, 0.05) is 23.6 Å². The van der Waals surface area contributed by atoms with Crippen LogP contribution in [0.4, 0.5) is 19.0 Å². The summed E-state index contributed by atoms with van der Waals surface area (Å²) in [6.07, 6.45) is 5.46. The number of pyridine rings is 1. The summed E-state index contributed by atoms with van der Waals surface area (Å²) >= 11 is 0. The van der Waals surface area contributed by atoms with Crippen LogP contribution in [-0.4, -0.2) is 39.1 Å². The number of fused-ring (bicyclic) bond motifs is 8. The van der Waals surface area contributed by atoms with Crippen molar-refractivity contribution in [1.29, 1.82) is 5.26 Å². The molecule has 2 aromatic heterocycles. The van der Waals surface area contributed by atoms with Gasteiger partial charge in [0.05, 0.1) is 28.5 Å². The highest BCUT2D eigenvalue weighted by molar-refractivity contribution is 5.88. The van der Waals surface area contributed by atoms with Crippen LogP contribution in [0.5, 0.6) is 0 Å². The first kappa shape index (κ1) is 28.7. The third kappa shape index (κ3) is 5.06. The van der Waals surface area contributed by atoms with Crippen molar-refractivity contribution in [3.8, 4) is 6.07 Å². The van der Waals surface area contributed by atoms with Gasteiger partial charge >= 0.3 is 0 Å². The number of hydrogen-bond acceptors (Lipinski definition) is 6. The highest BCUT2D eigenvalue weighted by Gasteiger charge is 2.48. The number of rotatable bonds is 1. The molecule has 0 amide bonds. The maximum Gasteiger partial charge on any atom is 0.278 e. The molecule has 1 aliphatic carbocycles. The molecule has 1 saturated heterocycles. The van der Waals surface area contributed by atoms with E-state index in [9.17, 15) is 10.1 Å². The van der Waals surface area contributed by atoms with Gasteiger partial charge in [-0.1, -0.05) is 31.0 Å². The van der Waals surface area contributed by atoms with Crippen LogP contribution in [0.15, 0.2) is 29.1 Å². The molecule has 222 valence electrons. The minimum absolute atomic E-state index is 0.118. The highest BCUT2D eigenvalue weighted by atomic mass is 19.3. The average molecular weight is 579 g/mol. The SMILES string of the molecule is Cc1nc2c3cc(C4(C#N)CC4)c(=O)n(c3n1)CCCCCCN1CCC(CC1)C(F)(F)c1cccc(c1F)[C@@H](C)N2. The van der Waals surface area contributed by atoms with Gasteiger partial charge in [0.2, 0.25) is 0 Å². The van der Waals surface area contributed by atoms with Crippen molar-refractivity contribution in [1.82, 2.24) is 19.4 Å². The Balaban J connectivity index is 1.47. The lowest BCUT2D eigenvalue weighted by atomic mass is 9.85. The maximum absolute atomic E-state index is 15.9. The summed E-state index contributed by atoms with van der Waals surface area (Å²) in [6, 6.07) is 7.55. The summed E-state index contributed by atoms with van der Waals surface area (Å²) in [5.74, 6) is -4.30. The smallest absolute Gasteiger partial charge is 0.278 e. The number of nitriles is 1. The Labute approximate surface area is 243 Å². The molecular weight excluding hydrogens is 541 g/mol. The van der Waals surface area contributed by atoms with Crippen LogP contribution in [0.1, 0.15) is 86.8 Å². The Morgan fingerprint density at radius 3 is 2.43 bits per heavy atom. The summed E-state index contributed by atoms with van der Waals surface area (Å²) in [6.45, 7) is 5.89. The van der Waals surface area contributed by atoms with E-state index in [0.29, 0.717) is 73.6 Å². The van der Waals surface area contributed by atoms with Gasteiger partial charge in [0.25, 0.3) is 11.5 Å². The average Bonchev–Trinajstić information content (AvgIpc) is 3.76. The summed E-state index contributed by atoms with van der Waals surface area (Å²) in [5, 5.41) is 13.7. The second-order valence-corrected chi connectivity index (χ2v) is 12.3. The number of halogens is 3. The van der Waals surface area contributed by atoms with Gasteiger partial charge in [0.15, 0.2) is 0 Å². The fourth-order valence-electron chi connectivity index (χ4n) is 6.70. The molecule has 1 saturated carbocycles. The molecule has 0 unspecified atom stereocenters. The van der Waals surface area contributed by atoms with Crippen molar-refractivity contribution in [3.05, 3.63) is 63.0 Å². The predicted molar refractivity (Wildman–Crippen MR) is 155 cm³/mol. The van der Waals surface area contributed by atoms with Crippen molar-refractivity contribution in [2.75, 3.05) is 25.0 Å². The molecule has 0 spiro atoms. The van der Waals surface area contributed by atoms with E-state index < -0.39 is 34.7 Å². The Hall–Kier alpha value is -3.45. The van der Waals surface area contributed by atoms with E-state index in [-0.39, 0.29) is 11.1 Å². The molecule has 4 aliphatic rings. The van der Waals surface area contributed by atoms with Crippen LogP contribution in [0.2, 0.25) is 0 Å². The molecule has 1 aromatic carbocycles. The fraction of sp³-hybridized carbons (Fsp3) is 0.562. The normalized spacial score (nSPS) is 25.5. The number of aryl methyl sites for hydroxylation is 2. The standard InChI is InChI=1S/C32H37F3N6O/c1-20-23-8-7-9-25(27(23)33)32(34,35)22-10-16-40(17-11-22)14-5-3-4-6-15-41-29-24(28(37-20)38-21(2)39-29)18-26(30(41)42)31(19-36)12-13-31/h7-9,18,20,22H,3-6,10-17H2,1-2H3,(H,37,38,39)/t20-/m1/s1. The Morgan fingerprint density at radius 2 is 1.74 bits per heavy atom. The molecule has 3 aromatic rings. The number of alkyl halides is 2. The van der Waals surface area contributed by atoms with E-state index in [2.05, 4.69) is 26.3 Å². The van der Waals surface area contributed by atoms with Crippen LogP contribution >= 0.6 is 0 Å². The zero-order valence-corrected chi connectivity index (χ0v) is 24.2. The van der Waals surface area contributed by atoms with Gasteiger partial charge in [-0.25, -0.2) is 23.1 Å².